The summed E-state index contributed by atoms with van der Waals surface area (Å²) in [6.45, 7) is 7.71. The molecule has 0 radical (unpaired) electrons. The van der Waals surface area contributed by atoms with E-state index in [1.807, 2.05) is 56.3 Å². The van der Waals surface area contributed by atoms with Crippen LogP contribution in [-0.4, -0.2) is 23.2 Å². The number of ether oxygens (including phenoxy) is 3. The molecule has 0 fully saturated rings. The van der Waals surface area contributed by atoms with Crippen molar-refractivity contribution >= 4 is 62.5 Å². The second kappa shape index (κ2) is 13.7. The number of benzene rings is 3. The maximum absolute atomic E-state index is 14.2. The summed E-state index contributed by atoms with van der Waals surface area (Å²) in [6.07, 6.45) is 1.59. The highest BCUT2D eigenvalue weighted by molar-refractivity contribution is 9.10. The van der Waals surface area contributed by atoms with Crippen LogP contribution in [0.4, 0.5) is 0 Å². The fourth-order valence-electron chi connectivity index (χ4n) is 4.90. The van der Waals surface area contributed by atoms with Gasteiger partial charge in [0.05, 0.1) is 33.0 Å². The highest BCUT2D eigenvalue weighted by Crippen LogP contribution is 2.37. The molecule has 0 unspecified atom stereocenters. The van der Waals surface area contributed by atoms with Crippen LogP contribution in [0, 0.1) is 0 Å². The van der Waals surface area contributed by atoms with Crippen molar-refractivity contribution in [2.75, 3.05) is 6.61 Å². The van der Waals surface area contributed by atoms with Gasteiger partial charge in [-0.05, 0) is 74.0 Å². The number of halogens is 3. The van der Waals surface area contributed by atoms with E-state index in [9.17, 15) is 9.59 Å². The molecule has 0 saturated heterocycles. The minimum absolute atomic E-state index is 0.131. The molecular formula is C33H29BrCl2N2O5S. The number of nitrogens with zero attached hydrogens (tertiary/aromatic N) is 2. The van der Waals surface area contributed by atoms with Crippen molar-refractivity contribution in [1.82, 2.24) is 4.57 Å². The third-order valence-corrected chi connectivity index (χ3v) is 8.91. The third kappa shape index (κ3) is 6.66. The molecule has 0 aliphatic carbocycles. The van der Waals surface area contributed by atoms with Crippen molar-refractivity contribution < 1.29 is 19.0 Å². The summed E-state index contributed by atoms with van der Waals surface area (Å²) in [5, 5.41) is 1.04. The lowest BCUT2D eigenvalue weighted by Crippen LogP contribution is -2.40. The number of allylic oxidation sites excluding steroid dienone is 1. The van der Waals surface area contributed by atoms with Crippen LogP contribution in [0.5, 0.6) is 11.5 Å². The molecule has 0 N–H and O–H groups in total. The molecule has 0 spiro atoms. The van der Waals surface area contributed by atoms with Crippen molar-refractivity contribution in [2.24, 2.45) is 4.99 Å². The number of thiazole rings is 1. The Morgan fingerprint density at radius 1 is 1.14 bits per heavy atom. The van der Waals surface area contributed by atoms with Crippen LogP contribution in [-0.2, 0) is 16.1 Å². The first-order valence-electron chi connectivity index (χ1n) is 13.9. The van der Waals surface area contributed by atoms with Crippen molar-refractivity contribution in [3.63, 3.8) is 0 Å². The lowest BCUT2D eigenvalue weighted by molar-refractivity contribution is -0.139. The standard InChI is InChI=1S/C33H29BrCl2N2O5S/c1-5-41-32(40)28-19(4)37-33-38(29(28)23-11-7-9-13-26(23)43-18(2)3)31(39)27(44-33)15-21-14-22(35)16-24(34)30(21)42-17-20-10-6-8-12-25(20)36/h6-16,18,29H,5,17H2,1-4H3/b27-15-/t29-/m0/s1. The van der Waals surface area contributed by atoms with E-state index in [0.29, 0.717) is 52.2 Å². The van der Waals surface area contributed by atoms with Crippen molar-refractivity contribution in [3.05, 3.63) is 123 Å². The molecule has 11 heteroatoms. The molecular weight excluding hydrogens is 687 g/mol. The molecule has 1 atom stereocenters. The number of hydrogen-bond acceptors (Lipinski definition) is 7. The average molecular weight is 716 g/mol. The predicted octanol–water partition coefficient (Wildman–Crippen LogP) is 7.23. The number of esters is 1. The molecule has 1 aromatic heterocycles. The van der Waals surface area contributed by atoms with Crippen LogP contribution in [0.25, 0.3) is 6.08 Å². The molecule has 44 heavy (non-hydrogen) atoms. The molecule has 0 saturated carbocycles. The predicted molar refractivity (Wildman–Crippen MR) is 178 cm³/mol. The Morgan fingerprint density at radius 2 is 1.86 bits per heavy atom. The summed E-state index contributed by atoms with van der Waals surface area (Å²) in [4.78, 5) is 32.7. The minimum atomic E-state index is -0.815. The number of carbonyl (C=O) groups is 1. The van der Waals surface area contributed by atoms with Gasteiger partial charge in [0, 0.05) is 26.7 Å². The van der Waals surface area contributed by atoms with E-state index in [2.05, 4.69) is 20.9 Å². The first-order chi connectivity index (χ1) is 21.1. The summed E-state index contributed by atoms with van der Waals surface area (Å²) in [7, 11) is 0. The van der Waals surface area contributed by atoms with Gasteiger partial charge in [-0.15, -0.1) is 0 Å². The Labute approximate surface area is 277 Å². The molecule has 1 aliphatic heterocycles. The molecule has 7 nitrogen and oxygen atoms in total. The quantitative estimate of drug-likeness (QED) is 0.171. The normalized spacial score (nSPS) is 14.8. The van der Waals surface area contributed by atoms with Crippen molar-refractivity contribution in [3.8, 4) is 11.5 Å². The number of rotatable bonds is 9. The van der Waals surface area contributed by atoms with Crippen LogP contribution < -0.4 is 24.4 Å². The zero-order valence-electron chi connectivity index (χ0n) is 24.4. The molecule has 228 valence electrons. The van der Waals surface area contributed by atoms with E-state index >= 15 is 0 Å². The van der Waals surface area contributed by atoms with Gasteiger partial charge in [0.15, 0.2) is 4.80 Å². The first kappa shape index (κ1) is 32.0. The van der Waals surface area contributed by atoms with Gasteiger partial charge < -0.3 is 14.2 Å². The first-order valence-corrected chi connectivity index (χ1v) is 16.3. The Bertz CT molecular complexity index is 1950. The second-order valence-electron chi connectivity index (χ2n) is 10.2. The highest BCUT2D eigenvalue weighted by atomic mass is 79.9. The van der Waals surface area contributed by atoms with Crippen molar-refractivity contribution in [1.29, 1.82) is 0 Å². The molecule has 1 aliphatic rings. The summed E-state index contributed by atoms with van der Waals surface area (Å²) < 4.78 is 20.3. The summed E-state index contributed by atoms with van der Waals surface area (Å²) in [5.74, 6) is 0.518. The smallest absolute Gasteiger partial charge is 0.338 e. The van der Waals surface area contributed by atoms with Crippen LogP contribution >= 0.6 is 50.5 Å². The maximum atomic E-state index is 14.2. The third-order valence-electron chi connectivity index (χ3n) is 6.75. The average Bonchev–Trinajstić information content (AvgIpc) is 3.26. The van der Waals surface area contributed by atoms with Gasteiger partial charge in [0.1, 0.15) is 24.1 Å². The topological polar surface area (TPSA) is 79.1 Å². The molecule has 3 aromatic carbocycles. The molecule has 0 bridgehead atoms. The van der Waals surface area contributed by atoms with Crippen molar-refractivity contribution in [2.45, 2.75) is 46.4 Å². The number of carbonyl (C=O) groups excluding carboxylic acids is 1. The molecule has 2 heterocycles. The number of para-hydroxylation sites is 1. The van der Waals surface area contributed by atoms with Crippen LogP contribution in [0.3, 0.4) is 0 Å². The van der Waals surface area contributed by atoms with E-state index in [4.69, 9.17) is 37.4 Å². The van der Waals surface area contributed by atoms with Crippen LogP contribution in [0.2, 0.25) is 10.0 Å². The van der Waals surface area contributed by atoms with Gasteiger partial charge in [0.2, 0.25) is 0 Å². The van der Waals surface area contributed by atoms with Gasteiger partial charge in [-0.2, -0.15) is 0 Å². The van der Waals surface area contributed by atoms with Gasteiger partial charge in [-0.25, -0.2) is 9.79 Å². The Kier molecular flexibility index (Phi) is 10.00. The Balaban J connectivity index is 1.68. The van der Waals surface area contributed by atoms with Gasteiger partial charge in [0.25, 0.3) is 5.56 Å². The Morgan fingerprint density at radius 3 is 2.59 bits per heavy atom. The zero-order valence-corrected chi connectivity index (χ0v) is 28.3. The monoisotopic (exact) mass is 714 g/mol. The molecule has 4 aromatic rings. The van der Waals surface area contributed by atoms with Gasteiger partial charge >= 0.3 is 5.97 Å². The SMILES string of the molecule is CCOC(=O)C1=C(C)N=c2s/c(=C\c3cc(Cl)cc(Br)c3OCc3ccccc3Cl)c(=O)n2[C@H]1c1ccccc1OC(C)C. The lowest BCUT2D eigenvalue weighted by atomic mass is 9.95. The van der Waals surface area contributed by atoms with Gasteiger partial charge in [-0.3, -0.25) is 9.36 Å². The summed E-state index contributed by atoms with van der Waals surface area (Å²) in [6, 6.07) is 17.4. The van der Waals surface area contributed by atoms with E-state index in [-0.39, 0.29) is 30.5 Å². The highest BCUT2D eigenvalue weighted by Gasteiger charge is 2.35. The largest absolute Gasteiger partial charge is 0.491 e. The molecule has 0 amide bonds. The maximum Gasteiger partial charge on any atom is 0.338 e. The van der Waals surface area contributed by atoms with Crippen LogP contribution in [0.1, 0.15) is 50.4 Å². The van der Waals surface area contributed by atoms with E-state index in [1.165, 1.54) is 15.9 Å². The van der Waals surface area contributed by atoms with E-state index < -0.39 is 12.0 Å². The number of fused-ring (bicyclic) bond motifs is 1. The minimum Gasteiger partial charge on any atom is -0.491 e. The fraction of sp³-hybridized carbons (Fsp3) is 0.242. The van der Waals surface area contributed by atoms with Crippen LogP contribution in [0.15, 0.2) is 86.2 Å². The van der Waals surface area contributed by atoms with E-state index in [0.717, 1.165) is 5.56 Å². The molecule has 5 rings (SSSR count). The Hall–Kier alpha value is -3.37. The van der Waals surface area contributed by atoms with Gasteiger partial charge in [-0.1, -0.05) is 70.9 Å². The fourth-order valence-corrected chi connectivity index (χ4v) is 7.08. The summed E-state index contributed by atoms with van der Waals surface area (Å²) in [5.41, 5.74) is 2.46. The summed E-state index contributed by atoms with van der Waals surface area (Å²) >= 11 is 17.6. The second-order valence-corrected chi connectivity index (χ2v) is 12.9. The number of aromatic nitrogens is 1. The lowest BCUT2D eigenvalue weighted by Gasteiger charge is -2.26. The number of hydrogen-bond donors (Lipinski definition) is 0. The van der Waals surface area contributed by atoms with E-state index in [1.54, 1.807) is 38.1 Å². The zero-order chi connectivity index (χ0) is 31.5.